The number of aromatic amines is 1. The Morgan fingerprint density at radius 3 is 3.10 bits per heavy atom. The molecule has 0 aromatic carbocycles. The molecule has 20 heavy (non-hydrogen) atoms. The van der Waals surface area contributed by atoms with Gasteiger partial charge in [0.2, 0.25) is 5.96 Å². The lowest BCUT2D eigenvalue weighted by Gasteiger charge is -2.09. The van der Waals surface area contributed by atoms with Crippen molar-refractivity contribution in [3.05, 3.63) is 17.7 Å². The summed E-state index contributed by atoms with van der Waals surface area (Å²) < 4.78 is 11.0. The number of aromatic nitrogens is 2. The van der Waals surface area contributed by atoms with E-state index < -0.39 is 0 Å². The van der Waals surface area contributed by atoms with Crippen LogP contribution < -0.4 is 5.73 Å². The number of nitrogens with two attached hydrogens (primary N) is 1. The average molecular weight is 281 g/mol. The average Bonchev–Trinajstić information content (AvgIpc) is 3.06. The van der Waals surface area contributed by atoms with Crippen molar-refractivity contribution >= 4 is 11.9 Å². The van der Waals surface area contributed by atoms with Crippen LogP contribution in [-0.4, -0.2) is 46.2 Å². The molecule has 0 bridgehead atoms. The number of rotatable bonds is 4. The van der Waals surface area contributed by atoms with Crippen LogP contribution in [0.1, 0.15) is 37.4 Å². The fourth-order valence-electron chi connectivity index (χ4n) is 2.08. The van der Waals surface area contributed by atoms with Crippen molar-refractivity contribution in [2.75, 3.05) is 13.2 Å². The molecule has 8 nitrogen and oxygen atoms in total. The Balaban J connectivity index is 2.13. The highest BCUT2D eigenvalue weighted by atomic mass is 16.5. The molecule has 0 unspecified atom stereocenters. The van der Waals surface area contributed by atoms with Crippen molar-refractivity contribution in [1.29, 1.82) is 5.41 Å². The van der Waals surface area contributed by atoms with E-state index in [9.17, 15) is 0 Å². The molecule has 0 aliphatic carbocycles. The summed E-state index contributed by atoms with van der Waals surface area (Å²) >= 11 is 0. The van der Waals surface area contributed by atoms with Gasteiger partial charge in [-0.05, 0) is 19.8 Å². The number of nitrogens with zero attached hydrogens (tertiary/aromatic N) is 2. The van der Waals surface area contributed by atoms with E-state index in [-0.39, 0.29) is 30.7 Å². The lowest BCUT2D eigenvalue weighted by Crippen LogP contribution is -2.16. The van der Waals surface area contributed by atoms with E-state index in [0.29, 0.717) is 12.4 Å². The second kappa shape index (κ2) is 6.49. The maximum atomic E-state index is 9.07. The van der Waals surface area contributed by atoms with Crippen molar-refractivity contribution in [3.63, 3.8) is 0 Å². The first kappa shape index (κ1) is 14.5. The molecular weight excluding hydrogens is 262 g/mol. The molecule has 0 amide bonds. The molecule has 1 saturated heterocycles. The quantitative estimate of drug-likeness (QED) is 0.466. The van der Waals surface area contributed by atoms with E-state index in [0.717, 1.165) is 18.5 Å². The fraction of sp³-hybridized carbons (Fsp3) is 0.583. The largest absolute Gasteiger partial charge is 0.475 e. The number of hydrogen-bond donors (Lipinski definition) is 4. The van der Waals surface area contributed by atoms with E-state index in [1.807, 2.05) is 6.92 Å². The Kier molecular flexibility index (Phi) is 4.70. The monoisotopic (exact) mass is 281 g/mol. The first-order valence-corrected chi connectivity index (χ1v) is 6.51. The molecule has 1 aliphatic heterocycles. The summed E-state index contributed by atoms with van der Waals surface area (Å²) in [7, 11) is 0. The molecule has 0 radical (unpaired) electrons. The van der Waals surface area contributed by atoms with Gasteiger partial charge in [-0.1, -0.05) is 0 Å². The van der Waals surface area contributed by atoms with Crippen molar-refractivity contribution in [2.45, 2.75) is 32.0 Å². The van der Waals surface area contributed by atoms with Gasteiger partial charge in [-0.2, -0.15) is 4.99 Å². The van der Waals surface area contributed by atoms with Crippen LogP contribution in [0.25, 0.3) is 0 Å². The number of aliphatic hydroxyl groups is 1. The van der Waals surface area contributed by atoms with Gasteiger partial charge in [0, 0.05) is 0 Å². The zero-order valence-corrected chi connectivity index (χ0v) is 11.3. The number of aliphatic imine (C=N–C) groups is 1. The highest BCUT2D eigenvalue weighted by Gasteiger charge is 2.27. The topological polar surface area (TPSA) is 130 Å². The Morgan fingerprint density at radius 1 is 1.70 bits per heavy atom. The summed E-state index contributed by atoms with van der Waals surface area (Å²) in [6, 6.07) is 0. The molecule has 110 valence electrons. The third kappa shape index (κ3) is 3.34. The maximum absolute atomic E-state index is 9.07. The van der Waals surface area contributed by atoms with E-state index >= 15 is 0 Å². The highest BCUT2D eigenvalue weighted by molar-refractivity contribution is 5.98. The van der Waals surface area contributed by atoms with Crippen molar-refractivity contribution < 1.29 is 14.6 Å². The standard InChI is InChI=1S/C12H19N5O3/c1-2-19-11(17-12(13)14)10-15-5-8(16-10)9-4-3-7(6-18)20-9/h5,7,9,18H,2-4,6H2,1H3,(H3,13,14)(H,15,16)/t7-,9+/m0/s1. The number of H-pyrrole nitrogens is 1. The molecule has 1 aliphatic rings. The minimum absolute atomic E-state index is 0.0213. The van der Waals surface area contributed by atoms with Gasteiger partial charge < -0.3 is 25.3 Å². The fourth-order valence-corrected chi connectivity index (χ4v) is 2.08. The third-order valence-electron chi connectivity index (χ3n) is 2.96. The number of imidazole rings is 1. The third-order valence-corrected chi connectivity index (χ3v) is 2.96. The molecule has 2 heterocycles. The molecule has 1 fully saturated rings. The maximum Gasteiger partial charge on any atom is 0.261 e. The number of nitrogens with one attached hydrogen (secondary N) is 2. The van der Waals surface area contributed by atoms with E-state index in [1.54, 1.807) is 6.20 Å². The Morgan fingerprint density at radius 2 is 2.50 bits per heavy atom. The van der Waals surface area contributed by atoms with Gasteiger partial charge in [-0.15, -0.1) is 0 Å². The minimum Gasteiger partial charge on any atom is -0.475 e. The number of guanidine groups is 1. The lowest BCUT2D eigenvalue weighted by atomic mass is 10.1. The van der Waals surface area contributed by atoms with Crippen LogP contribution in [0.2, 0.25) is 0 Å². The van der Waals surface area contributed by atoms with Crippen LogP contribution in [0.15, 0.2) is 11.2 Å². The first-order valence-electron chi connectivity index (χ1n) is 6.51. The highest BCUT2D eigenvalue weighted by Crippen LogP contribution is 2.31. The molecule has 1 aromatic rings. The summed E-state index contributed by atoms with van der Waals surface area (Å²) in [6.45, 7) is 2.23. The molecular formula is C12H19N5O3. The molecule has 2 atom stereocenters. The van der Waals surface area contributed by atoms with Gasteiger partial charge in [0.05, 0.1) is 37.3 Å². The summed E-state index contributed by atoms with van der Waals surface area (Å²) in [4.78, 5) is 11.0. The van der Waals surface area contributed by atoms with Crippen LogP contribution in [0.5, 0.6) is 0 Å². The lowest BCUT2D eigenvalue weighted by molar-refractivity contribution is 0.00938. The molecule has 1 aromatic heterocycles. The summed E-state index contributed by atoms with van der Waals surface area (Å²) in [6.07, 6.45) is 3.04. The van der Waals surface area contributed by atoms with Crippen molar-refractivity contribution in [1.82, 2.24) is 9.97 Å². The van der Waals surface area contributed by atoms with Gasteiger partial charge in [0.25, 0.3) is 5.90 Å². The number of hydrogen-bond acceptors (Lipinski definition) is 5. The van der Waals surface area contributed by atoms with Crippen LogP contribution in [-0.2, 0) is 9.47 Å². The van der Waals surface area contributed by atoms with Crippen molar-refractivity contribution in [2.24, 2.45) is 10.7 Å². The van der Waals surface area contributed by atoms with E-state index in [1.165, 1.54) is 0 Å². The van der Waals surface area contributed by atoms with Crippen LogP contribution in [0.3, 0.4) is 0 Å². The molecule has 2 rings (SSSR count). The van der Waals surface area contributed by atoms with Crippen LogP contribution >= 0.6 is 0 Å². The van der Waals surface area contributed by atoms with Gasteiger partial charge in [-0.3, -0.25) is 5.41 Å². The number of aliphatic hydroxyl groups excluding tert-OH is 1. The Labute approximate surface area is 116 Å². The summed E-state index contributed by atoms with van der Waals surface area (Å²) in [5.74, 6) is 0.250. The minimum atomic E-state index is -0.344. The zero-order chi connectivity index (χ0) is 14.5. The molecule has 0 saturated carbocycles. The van der Waals surface area contributed by atoms with Gasteiger partial charge in [0.1, 0.15) is 0 Å². The SMILES string of the molecule is CCOC(=NC(=N)N)c1ncc([C@H]2CC[C@@H](CO)O2)[nH]1. The van der Waals surface area contributed by atoms with E-state index in [2.05, 4.69) is 15.0 Å². The van der Waals surface area contributed by atoms with Crippen molar-refractivity contribution in [3.8, 4) is 0 Å². The zero-order valence-electron chi connectivity index (χ0n) is 11.3. The van der Waals surface area contributed by atoms with Gasteiger partial charge in [-0.25, -0.2) is 4.98 Å². The first-order chi connectivity index (χ1) is 9.63. The number of ether oxygens (including phenoxy) is 2. The smallest absolute Gasteiger partial charge is 0.261 e. The predicted octanol–water partition coefficient (Wildman–Crippen LogP) is 0.299. The molecule has 0 spiro atoms. The van der Waals surface area contributed by atoms with Crippen LogP contribution in [0.4, 0.5) is 0 Å². The second-order valence-corrected chi connectivity index (χ2v) is 4.43. The summed E-state index contributed by atoms with van der Waals surface area (Å²) in [5.41, 5.74) is 6.05. The Hall–Kier alpha value is -1.93. The molecule has 5 N–H and O–H groups in total. The molecule has 8 heteroatoms. The predicted molar refractivity (Wildman–Crippen MR) is 72.6 cm³/mol. The summed E-state index contributed by atoms with van der Waals surface area (Å²) in [5, 5.41) is 16.3. The van der Waals surface area contributed by atoms with Gasteiger partial charge in [0.15, 0.2) is 5.82 Å². The van der Waals surface area contributed by atoms with E-state index in [4.69, 9.17) is 25.7 Å². The van der Waals surface area contributed by atoms with Gasteiger partial charge >= 0.3 is 0 Å². The Bertz CT molecular complexity index is 499. The normalized spacial score (nSPS) is 23.0. The second-order valence-electron chi connectivity index (χ2n) is 4.43. The van der Waals surface area contributed by atoms with Crippen LogP contribution in [0, 0.1) is 5.41 Å².